The molecule has 1 aromatic carbocycles. The third-order valence-electron chi connectivity index (χ3n) is 4.50. The average molecular weight is 244 g/mol. The van der Waals surface area contributed by atoms with Crippen LogP contribution in [-0.4, -0.2) is 18.0 Å². The second kappa shape index (κ2) is 4.27. The maximum Gasteiger partial charge on any atom is 0.0317 e. The third-order valence-corrected chi connectivity index (χ3v) is 4.50. The van der Waals surface area contributed by atoms with Gasteiger partial charge in [-0.05, 0) is 55.0 Å². The van der Waals surface area contributed by atoms with Crippen LogP contribution in [0.2, 0.25) is 0 Å². The fourth-order valence-electron chi connectivity index (χ4n) is 3.25. The standard InChI is InChI=1S/C16H24N2/c1-12(2)5-8-18-10-13-9-14(17)3-4-15(13)16(11-18)6-7-16/h3-4,9,12H,5-8,10-11,17H2,1-2H3. The third kappa shape index (κ3) is 2.14. The van der Waals surface area contributed by atoms with Crippen LogP contribution < -0.4 is 5.73 Å². The van der Waals surface area contributed by atoms with Crippen LogP contribution in [0.15, 0.2) is 18.2 Å². The molecule has 0 saturated heterocycles. The summed E-state index contributed by atoms with van der Waals surface area (Å²) >= 11 is 0. The van der Waals surface area contributed by atoms with Gasteiger partial charge in [-0.3, -0.25) is 4.90 Å². The minimum atomic E-state index is 0.484. The average Bonchev–Trinajstić information content (AvgIpc) is 3.06. The highest BCUT2D eigenvalue weighted by Crippen LogP contribution is 2.52. The van der Waals surface area contributed by atoms with Crippen LogP contribution in [0.4, 0.5) is 5.69 Å². The highest BCUT2D eigenvalue weighted by atomic mass is 15.1. The molecule has 0 unspecified atom stereocenters. The van der Waals surface area contributed by atoms with Gasteiger partial charge in [0.05, 0.1) is 0 Å². The van der Waals surface area contributed by atoms with E-state index in [0.717, 1.165) is 18.2 Å². The number of hydrogen-bond donors (Lipinski definition) is 1. The van der Waals surface area contributed by atoms with Crippen LogP contribution in [0.3, 0.4) is 0 Å². The van der Waals surface area contributed by atoms with Gasteiger partial charge in [-0.1, -0.05) is 19.9 Å². The summed E-state index contributed by atoms with van der Waals surface area (Å²) < 4.78 is 0. The van der Waals surface area contributed by atoms with E-state index in [1.54, 1.807) is 5.56 Å². The molecular formula is C16H24N2. The zero-order chi connectivity index (χ0) is 12.8. The predicted octanol–water partition coefficient (Wildman–Crippen LogP) is 3.16. The van der Waals surface area contributed by atoms with Crippen LogP contribution in [0.5, 0.6) is 0 Å². The van der Waals surface area contributed by atoms with Crippen molar-refractivity contribution >= 4 is 5.69 Å². The van der Waals surface area contributed by atoms with E-state index >= 15 is 0 Å². The second-order valence-electron chi connectivity index (χ2n) is 6.59. The number of nitrogen functional groups attached to an aromatic ring is 1. The Morgan fingerprint density at radius 1 is 1.33 bits per heavy atom. The Morgan fingerprint density at radius 2 is 2.11 bits per heavy atom. The summed E-state index contributed by atoms with van der Waals surface area (Å²) in [6.07, 6.45) is 4.03. The number of hydrogen-bond acceptors (Lipinski definition) is 2. The maximum atomic E-state index is 5.94. The molecule has 1 aliphatic carbocycles. The Morgan fingerprint density at radius 3 is 2.78 bits per heavy atom. The maximum absolute atomic E-state index is 5.94. The fraction of sp³-hybridized carbons (Fsp3) is 0.625. The van der Waals surface area contributed by atoms with E-state index in [4.69, 9.17) is 5.73 Å². The molecule has 0 aromatic heterocycles. The molecule has 0 radical (unpaired) electrons. The SMILES string of the molecule is CC(C)CCN1Cc2cc(N)ccc2C2(CC2)C1. The molecule has 2 heteroatoms. The highest BCUT2D eigenvalue weighted by molar-refractivity contribution is 5.50. The summed E-state index contributed by atoms with van der Waals surface area (Å²) in [5.41, 5.74) is 10.4. The zero-order valence-corrected chi connectivity index (χ0v) is 11.6. The number of fused-ring (bicyclic) bond motifs is 2. The summed E-state index contributed by atoms with van der Waals surface area (Å²) in [6.45, 7) is 8.20. The smallest absolute Gasteiger partial charge is 0.0317 e. The highest BCUT2D eigenvalue weighted by Gasteiger charge is 2.48. The topological polar surface area (TPSA) is 29.3 Å². The van der Waals surface area contributed by atoms with Gasteiger partial charge >= 0.3 is 0 Å². The van der Waals surface area contributed by atoms with Crippen molar-refractivity contribution in [2.75, 3.05) is 18.8 Å². The van der Waals surface area contributed by atoms with E-state index in [-0.39, 0.29) is 0 Å². The molecule has 0 atom stereocenters. The quantitative estimate of drug-likeness (QED) is 0.828. The number of nitrogens with two attached hydrogens (primary N) is 1. The molecule has 98 valence electrons. The number of nitrogens with zero attached hydrogens (tertiary/aromatic N) is 1. The van der Waals surface area contributed by atoms with Crippen molar-refractivity contribution in [3.8, 4) is 0 Å². The Hall–Kier alpha value is -1.02. The fourth-order valence-corrected chi connectivity index (χ4v) is 3.25. The summed E-state index contributed by atoms with van der Waals surface area (Å²) in [4.78, 5) is 2.63. The van der Waals surface area contributed by atoms with Crippen molar-refractivity contribution in [2.45, 2.75) is 45.1 Å². The van der Waals surface area contributed by atoms with E-state index in [2.05, 4.69) is 36.9 Å². The van der Waals surface area contributed by atoms with Crippen molar-refractivity contribution in [1.29, 1.82) is 0 Å². The Bertz CT molecular complexity index is 446. The van der Waals surface area contributed by atoms with Crippen molar-refractivity contribution < 1.29 is 0 Å². The van der Waals surface area contributed by atoms with E-state index < -0.39 is 0 Å². The minimum absolute atomic E-state index is 0.484. The summed E-state index contributed by atoms with van der Waals surface area (Å²) in [6, 6.07) is 6.54. The molecule has 0 bridgehead atoms. The molecule has 1 spiro atoms. The first-order chi connectivity index (χ1) is 8.59. The Labute approximate surface area is 110 Å². The van der Waals surface area contributed by atoms with Crippen LogP contribution in [-0.2, 0) is 12.0 Å². The molecule has 18 heavy (non-hydrogen) atoms. The lowest BCUT2D eigenvalue weighted by Gasteiger charge is -2.35. The molecule has 1 saturated carbocycles. The predicted molar refractivity (Wildman–Crippen MR) is 76.5 cm³/mol. The normalized spacial score (nSPS) is 21.3. The van der Waals surface area contributed by atoms with Crippen molar-refractivity contribution in [2.24, 2.45) is 5.92 Å². The summed E-state index contributed by atoms with van der Waals surface area (Å²) in [7, 11) is 0. The molecule has 1 aromatic rings. The van der Waals surface area contributed by atoms with Gasteiger partial charge in [-0.25, -0.2) is 0 Å². The second-order valence-corrected chi connectivity index (χ2v) is 6.59. The van der Waals surface area contributed by atoms with Crippen LogP contribution >= 0.6 is 0 Å². The van der Waals surface area contributed by atoms with Crippen molar-refractivity contribution in [1.82, 2.24) is 4.90 Å². The van der Waals surface area contributed by atoms with Crippen molar-refractivity contribution in [3.05, 3.63) is 29.3 Å². The molecule has 2 nitrogen and oxygen atoms in total. The Balaban J connectivity index is 1.81. The van der Waals surface area contributed by atoms with E-state index in [0.29, 0.717) is 5.41 Å². The number of anilines is 1. The van der Waals surface area contributed by atoms with Gasteiger partial charge in [-0.2, -0.15) is 0 Å². The largest absolute Gasteiger partial charge is 0.399 e. The lowest BCUT2D eigenvalue weighted by Crippen LogP contribution is -2.38. The van der Waals surface area contributed by atoms with Crippen LogP contribution in [0.25, 0.3) is 0 Å². The molecular weight excluding hydrogens is 220 g/mol. The van der Waals surface area contributed by atoms with Gasteiger partial charge < -0.3 is 5.73 Å². The lowest BCUT2D eigenvalue weighted by molar-refractivity contribution is 0.210. The molecule has 1 aliphatic heterocycles. The van der Waals surface area contributed by atoms with Gasteiger partial charge in [0, 0.05) is 24.2 Å². The van der Waals surface area contributed by atoms with E-state index in [9.17, 15) is 0 Å². The van der Waals surface area contributed by atoms with Gasteiger partial charge in [-0.15, -0.1) is 0 Å². The number of rotatable bonds is 3. The van der Waals surface area contributed by atoms with Gasteiger partial charge in [0.25, 0.3) is 0 Å². The molecule has 0 amide bonds. The first kappa shape index (κ1) is 12.0. The molecule has 2 N–H and O–H groups in total. The summed E-state index contributed by atoms with van der Waals surface area (Å²) in [5, 5.41) is 0. The minimum Gasteiger partial charge on any atom is -0.399 e. The lowest BCUT2D eigenvalue weighted by atomic mass is 9.86. The van der Waals surface area contributed by atoms with Gasteiger partial charge in [0.1, 0.15) is 0 Å². The molecule has 3 rings (SSSR count). The zero-order valence-electron chi connectivity index (χ0n) is 11.6. The summed E-state index contributed by atoms with van der Waals surface area (Å²) in [5.74, 6) is 0.794. The van der Waals surface area contributed by atoms with Crippen LogP contribution in [0.1, 0.15) is 44.2 Å². The van der Waals surface area contributed by atoms with E-state index in [1.807, 2.05) is 0 Å². The first-order valence-electron chi connectivity index (χ1n) is 7.20. The van der Waals surface area contributed by atoms with E-state index in [1.165, 1.54) is 37.9 Å². The first-order valence-corrected chi connectivity index (χ1v) is 7.20. The molecule has 1 heterocycles. The van der Waals surface area contributed by atoms with Crippen LogP contribution in [0, 0.1) is 5.92 Å². The van der Waals surface area contributed by atoms with Gasteiger partial charge in [0.2, 0.25) is 0 Å². The molecule has 1 fully saturated rings. The number of benzene rings is 1. The van der Waals surface area contributed by atoms with Gasteiger partial charge in [0.15, 0.2) is 0 Å². The Kier molecular flexibility index (Phi) is 2.86. The van der Waals surface area contributed by atoms with Crippen molar-refractivity contribution in [3.63, 3.8) is 0 Å². The molecule has 2 aliphatic rings. The monoisotopic (exact) mass is 244 g/mol.